The molecule has 0 amide bonds. The molecule has 0 aromatic heterocycles. The maximum atomic E-state index is 2.43. The molecule has 0 aliphatic heterocycles. The molecule has 148 valence electrons. The molecule has 5 aromatic rings. The number of fused-ring (bicyclic) bond motifs is 6. The first-order valence-corrected chi connectivity index (χ1v) is 11.1. The van der Waals surface area contributed by atoms with E-state index in [1.807, 2.05) is 0 Å². The molecule has 1 aliphatic rings. The highest BCUT2D eigenvalue weighted by Crippen LogP contribution is 2.37. The van der Waals surface area contributed by atoms with E-state index in [0.29, 0.717) is 0 Å². The lowest BCUT2D eigenvalue weighted by molar-refractivity contribution is 1.00. The highest BCUT2D eigenvalue weighted by Gasteiger charge is 2.15. The Labute approximate surface area is 183 Å². The summed E-state index contributed by atoms with van der Waals surface area (Å²) in [5, 5.41) is 5.54. The molecule has 0 heteroatoms. The first kappa shape index (κ1) is 18.2. The van der Waals surface area contributed by atoms with Crippen molar-refractivity contribution in [1.29, 1.82) is 0 Å². The van der Waals surface area contributed by atoms with Crippen molar-refractivity contribution in [3.63, 3.8) is 0 Å². The average Bonchev–Trinajstić information content (AvgIpc) is 2.85. The lowest BCUT2D eigenvalue weighted by Gasteiger charge is -2.19. The van der Waals surface area contributed by atoms with Gasteiger partial charge in [0.05, 0.1) is 0 Å². The Bertz CT molecular complexity index is 1440. The molecule has 5 aromatic carbocycles. The maximum absolute atomic E-state index is 2.43. The Balaban J connectivity index is 1.51. The van der Waals surface area contributed by atoms with Gasteiger partial charge in [-0.25, -0.2) is 0 Å². The van der Waals surface area contributed by atoms with Crippen molar-refractivity contribution in [2.75, 3.05) is 0 Å². The van der Waals surface area contributed by atoms with Crippen LogP contribution in [0.5, 0.6) is 0 Å². The zero-order valence-corrected chi connectivity index (χ0v) is 17.5. The maximum Gasteiger partial charge on any atom is -0.00194 e. The van der Waals surface area contributed by atoms with Crippen LogP contribution in [-0.2, 0) is 12.8 Å². The quantitative estimate of drug-likeness (QED) is 0.270. The summed E-state index contributed by atoms with van der Waals surface area (Å²) in [6.07, 6.45) is 7.87. The van der Waals surface area contributed by atoms with Gasteiger partial charge in [-0.1, -0.05) is 109 Å². The van der Waals surface area contributed by atoms with Crippen LogP contribution in [0.25, 0.3) is 38.7 Å². The summed E-state index contributed by atoms with van der Waals surface area (Å²) in [5.41, 5.74) is 8.27. The van der Waals surface area contributed by atoms with Crippen molar-refractivity contribution in [1.82, 2.24) is 0 Å². The number of benzene rings is 5. The van der Waals surface area contributed by atoms with Gasteiger partial charge in [-0.3, -0.25) is 0 Å². The molecule has 0 saturated carbocycles. The van der Waals surface area contributed by atoms with Gasteiger partial charge >= 0.3 is 0 Å². The van der Waals surface area contributed by atoms with Gasteiger partial charge in [0.15, 0.2) is 0 Å². The van der Waals surface area contributed by atoms with Gasteiger partial charge in [0.1, 0.15) is 0 Å². The summed E-state index contributed by atoms with van der Waals surface area (Å²) in [6, 6.07) is 35.5. The van der Waals surface area contributed by atoms with E-state index < -0.39 is 0 Å². The van der Waals surface area contributed by atoms with E-state index in [1.165, 1.54) is 54.9 Å². The fourth-order valence-corrected chi connectivity index (χ4v) is 5.13. The highest BCUT2D eigenvalue weighted by molar-refractivity contribution is 6.13. The molecule has 0 radical (unpaired) electrons. The zero-order chi connectivity index (χ0) is 20.6. The van der Waals surface area contributed by atoms with Crippen molar-refractivity contribution in [2.45, 2.75) is 19.3 Å². The molecule has 31 heavy (non-hydrogen) atoms. The van der Waals surface area contributed by atoms with Crippen LogP contribution in [0.4, 0.5) is 0 Å². The second-order valence-electron chi connectivity index (χ2n) is 8.46. The predicted molar refractivity (Wildman–Crippen MR) is 133 cm³/mol. The lowest BCUT2D eigenvalue weighted by atomic mass is 9.85. The average molecular weight is 397 g/mol. The third kappa shape index (κ3) is 3.16. The Morgan fingerprint density at radius 3 is 2.26 bits per heavy atom. The Morgan fingerprint density at radius 2 is 1.35 bits per heavy atom. The standard InChI is InChI=1S/C31H24/c1-2-10-23(11-3-1)25-13-5-4-12-24(25)20-22-18-19-30-28-16-7-6-14-26(28)27-15-8-9-17-29(27)31(30)21-22/h1-7,9-14,16-19,21H,8,15,20H2. The molecule has 0 fully saturated rings. The van der Waals surface area contributed by atoms with E-state index in [2.05, 4.69) is 109 Å². The topological polar surface area (TPSA) is 0 Å². The summed E-state index contributed by atoms with van der Waals surface area (Å²) >= 11 is 0. The molecular formula is C31H24. The first-order valence-electron chi connectivity index (χ1n) is 11.1. The number of hydrogen-bond donors (Lipinski definition) is 0. The zero-order valence-electron chi connectivity index (χ0n) is 17.5. The van der Waals surface area contributed by atoms with Gasteiger partial charge < -0.3 is 0 Å². The SMILES string of the molecule is C1=Cc2c(c3ccccc3c3ccc(Cc4ccccc4-c4ccccc4)cc23)CC1. The Kier molecular flexibility index (Phi) is 4.43. The van der Waals surface area contributed by atoms with E-state index in [1.54, 1.807) is 0 Å². The van der Waals surface area contributed by atoms with Crippen LogP contribution in [-0.4, -0.2) is 0 Å². The summed E-state index contributed by atoms with van der Waals surface area (Å²) in [7, 11) is 0. The van der Waals surface area contributed by atoms with Gasteiger partial charge in [0.25, 0.3) is 0 Å². The minimum absolute atomic E-state index is 0.937. The molecule has 1 aliphatic carbocycles. The smallest absolute Gasteiger partial charge is 0.00194 e. The summed E-state index contributed by atoms with van der Waals surface area (Å²) in [5.74, 6) is 0. The van der Waals surface area contributed by atoms with Gasteiger partial charge in [-0.15, -0.1) is 0 Å². The molecule has 0 heterocycles. The number of rotatable bonds is 3. The van der Waals surface area contributed by atoms with Crippen LogP contribution in [0.1, 0.15) is 28.7 Å². The second kappa shape index (κ2) is 7.56. The predicted octanol–water partition coefficient (Wildman–Crippen LogP) is 8.21. The van der Waals surface area contributed by atoms with E-state index in [4.69, 9.17) is 0 Å². The normalized spacial score (nSPS) is 12.9. The largest absolute Gasteiger partial charge is 0.0836 e. The molecule has 0 atom stereocenters. The molecule has 0 bridgehead atoms. The molecule has 0 spiro atoms. The molecular weight excluding hydrogens is 372 g/mol. The minimum Gasteiger partial charge on any atom is -0.0836 e. The third-order valence-electron chi connectivity index (χ3n) is 6.58. The molecule has 0 nitrogen and oxygen atoms in total. The van der Waals surface area contributed by atoms with Crippen molar-refractivity contribution in [3.8, 4) is 11.1 Å². The van der Waals surface area contributed by atoms with E-state index in [-0.39, 0.29) is 0 Å². The van der Waals surface area contributed by atoms with Crippen LogP contribution >= 0.6 is 0 Å². The van der Waals surface area contributed by atoms with Crippen LogP contribution in [0, 0.1) is 0 Å². The first-order chi connectivity index (χ1) is 15.4. The number of hydrogen-bond acceptors (Lipinski definition) is 0. The fourth-order valence-electron chi connectivity index (χ4n) is 5.13. The number of allylic oxidation sites excluding steroid dienone is 1. The van der Waals surface area contributed by atoms with Crippen LogP contribution in [0.15, 0.2) is 103 Å². The van der Waals surface area contributed by atoms with Gasteiger partial charge in [0, 0.05) is 0 Å². The molecule has 0 N–H and O–H groups in total. The van der Waals surface area contributed by atoms with E-state index in [0.717, 1.165) is 19.3 Å². The second-order valence-corrected chi connectivity index (χ2v) is 8.46. The van der Waals surface area contributed by atoms with E-state index >= 15 is 0 Å². The number of aryl methyl sites for hydroxylation is 1. The third-order valence-corrected chi connectivity index (χ3v) is 6.58. The van der Waals surface area contributed by atoms with Crippen molar-refractivity contribution < 1.29 is 0 Å². The highest BCUT2D eigenvalue weighted by atomic mass is 14.2. The monoisotopic (exact) mass is 396 g/mol. The van der Waals surface area contributed by atoms with Crippen molar-refractivity contribution in [2.24, 2.45) is 0 Å². The Morgan fingerprint density at radius 1 is 0.613 bits per heavy atom. The fraction of sp³-hybridized carbons (Fsp3) is 0.0968. The van der Waals surface area contributed by atoms with Gasteiger partial charge in [-0.05, 0) is 74.2 Å². The lowest BCUT2D eigenvalue weighted by Crippen LogP contribution is -1.99. The summed E-state index contributed by atoms with van der Waals surface area (Å²) in [6.45, 7) is 0. The van der Waals surface area contributed by atoms with Gasteiger partial charge in [0.2, 0.25) is 0 Å². The van der Waals surface area contributed by atoms with Gasteiger partial charge in [-0.2, -0.15) is 0 Å². The van der Waals surface area contributed by atoms with Crippen LogP contribution in [0.3, 0.4) is 0 Å². The van der Waals surface area contributed by atoms with Crippen LogP contribution < -0.4 is 0 Å². The van der Waals surface area contributed by atoms with Crippen LogP contribution in [0.2, 0.25) is 0 Å². The molecule has 0 saturated heterocycles. The van der Waals surface area contributed by atoms with E-state index in [9.17, 15) is 0 Å². The molecule has 0 unspecified atom stereocenters. The molecule has 6 rings (SSSR count). The van der Waals surface area contributed by atoms with Crippen molar-refractivity contribution >= 4 is 27.6 Å². The van der Waals surface area contributed by atoms with Crippen molar-refractivity contribution in [3.05, 3.63) is 125 Å². The summed E-state index contributed by atoms with van der Waals surface area (Å²) in [4.78, 5) is 0. The Hall–Kier alpha value is -3.64. The summed E-state index contributed by atoms with van der Waals surface area (Å²) < 4.78 is 0. The minimum atomic E-state index is 0.937.